The predicted molar refractivity (Wildman–Crippen MR) is 63.1 cm³/mol. The van der Waals surface area contributed by atoms with Crippen LogP contribution in [-0.2, 0) is 11.3 Å². The van der Waals surface area contributed by atoms with Crippen LogP contribution in [0.1, 0.15) is 30.0 Å². The molecule has 17 heavy (non-hydrogen) atoms. The summed E-state index contributed by atoms with van der Waals surface area (Å²) in [6.45, 7) is 7.40. The molecule has 0 bridgehead atoms. The smallest absolute Gasteiger partial charge is 0.339 e. The van der Waals surface area contributed by atoms with Crippen molar-refractivity contribution in [1.29, 1.82) is 0 Å². The zero-order valence-corrected chi connectivity index (χ0v) is 10.3. The van der Waals surface area contributed by atoms with Gasteiger partial charge in [-0.3, -0.25) is 4.90 Å². The van der Waals surface area contributed by atoms with Crippen LogP contribution in [0.3, 0.4) is 0 Å². The minimum atomic E-state index is -0.949. The SMILES string of the molecule is CCOCCN(CC)Cc1occc1C(=O)O. The number of likely N-dealkylation sites (N-methyl/N-ethyl adjacent to an activating group) is 1. The Morgan fingerprint density at radius 2 is 2.29 bits per heavy atom. The van der Waals surface area contributed by atoms with Gasteiger partial charge >= 0.3 is 5.97 Å². The lowest BCUT2D eigenvalue weighted by Crippen LogP contribution is -2.27. The second-order valence-electron chi connectivity index (χ2n) is 3.63. The third kappa shape index (κ3) is 4.20. The first-order valence-electron chi connectivity index (χ1n) is 5.78. The van der Waals surface area contributed by atoms with E-state index in [1.165, 1.54) is 12.3 Å². The first-order chi connectivity index (χ1) is 8.19. The van der Waals surface area contributed by atoms with Gasteiger partial charge in [0.2, 0.25) is 0 Å². The normalized spacial score (nSPS) is 11.0. The Bertz CT molecular complexity index is 348. The standard InChI is InChI=1S/C12H19NO4/c1-3-13(6-8-16-4-2)9-11-10(12(14)15)5-7-17-11/h5,7H,3-4,6,8-9H2,1-2H3,(H,14,15). The number of furan rings is 1. The summed E-state index contributed by atoms with van der Waals surface area (Å²) in [5, 5.41) is 8.95. The van der Waals surface area contributed by atoms with E-state index in [0.717, 1.165) is 13.1 Å². The minimum Gasteiger partial charge on any atom is -0.478 e. The number of aromatic carboxylic acids is 1. The maximum absolute atomic E-state index is 10.9. The number of hydrogen-bond donors (Lipinski definition) is 1. The van der Waals surface area contributed by atoms with E-state index in [4.69, 9.17) is 14.3 Å². The van der Waals surface area contributed by atoms with E-state index in [9.17, 15) is 4.79 Å². The molecule has 0 radical (unpaired) electrons. The zero-order valence-electron chi connectivity index (χ0n) is 10.3. The van der Waals surface area contributed by atoms with Gasteiger partial charge in [-0.2, -0.15) is 0 Å². The molecule has 0 atom stereocenters. The molecule has 0 aliphatic rings. The van der Waals surface area contributed by atoms with Crippen molar-refractivity contribution in [3.8, 4) is 0 Å². The summed E-state index contributed by atoms with van der Waals surface area (Å²) in [7, 11) is 0. The Morgan fingerprint density at radius 1 is 1.53 bits per heavy atom. The van der Waals surface area contributed by atoms with Crippen LogP contribution < -0.4 is 0 Å². The fraction of sp³-hybridized carbons (Fsp3) is 0.583. The third-order valence-corrected chi connectivity index (χ3v) is 2.55. The number of ether oxygens (including phenoxy) is 1. The fourth-order valence-electron chi connectivity index (χ4n) is 1.54. The molecule has 96 valence electrons. The van der Waals surface area contributed by atoms with Gasteiger partial charge < -0.3 is 14.3 Å². The summed E-state index contributed by atoms with van der Waals surface area (Å²) in [6, 6.07) is 1.48. The van der Waals surface area contributed by atoms with Gasteiger partial charge in [0.1, 0.15) is 11.3 Å². The summed E-state index contributed by atoms with van der Waals surface area (Å²) in [5.74, 6) is -0.453. The third-order valence-electron chi connectivity index (χ3n) is 2.55. The van der Waals surface area contributed by atoms with Crippen LogP contribution in [0.4, 0.5) is 0 Å². The van der Waals surface area contributed by atoms with E-state index < -0.39 is 5.97 Å². The number of hydrogen-bond acceptors (Lipinski definition) is 4. The summed E-state index contributed by atoms with van der Waals surface area (Å²) >= 11 is 0. The molecule has 0 amide bonds. The highest BCUT2D eigenvalue weighted by atomic mass is 16.5. The van der Waals surface area contributed by atoms with Crippen LogP contribution in [0.5, 0.6) is 0 Å². The Hall–Kier alpha value is -1.33. The Morgan fingerprint density at radius 3 is 2.88 bits per heavy atom. The second-order valence-corrected chi connectivity index (χ2v) is 3.63. The van der Waals surface area contributed by atoms with Crippen molar-refractivity contribution >= 4 is 5.97 Å². The molecule has 1 aromatic heterocycles. The number of carbonyl (C=O) groups is 1. The zero-order chi connectivity index (χ0) is 12.7. The fourth-order valence-corrected chi connectivity index (χ4v) is 1.54. The summed E-state index contributed by atoms with van der Waals surface area (Å²) in [5.41, 5.74) is 0.236. The van der Waals surface area contributed by atoms with Gasteiger partial charge in [0.25, 0.3) is 0 Å². The maximum Gasteiger partial charge on any atom is 0.339 e. The molecule has 0 aliphatic heterocycles. The highest BCUT2D eigenvalue weighted by Gasteiger charge is 2.15. The van der Waals surface area contributed by atoms with E-state index in [-0.39, 0.29) is 5.56 Å². The molecule has 1 N–H and O–H groups in total. The van der Waals surface area contributed by atoms with Crippen LogP contribution in [-0.4, -0.2) is 42.3 Å². The molecular weight excluding hydrogens is 222 g/mol. The Labute approximate surface area is 101 Å². The monoisotopic (exact) mass is 241 g/mol. The van der Waals surface area contributed by atoms with E-state index >= 15 is 0 Å². The Kier molecular flexibility index (Phi) is 5.72. The molecule has 5 heteroatoms. The van der Waals surface area contributed by atoms with E-state index in [1.54, 1.807) is 0 Å². The van der Waals surface area contributed by atoms with Crippen molar-refractivity contribution in [2.45, 2.75) is 20.4 Å². The predicted octanol–water partition coefficient (Wildman–Crippen LogP) is 1.84. The lowest BCUT2D eigenvalue weighted by atomic mass is 10.2. The minimum absolute atomic E-state index is 0.236. The van der Waals surface area contributed by atoms with Gasteiger partial charge in [-0.05, 0) is 19.5 Å². The van der Waals surface area contributed by atoms with E-state index in [1.807, 2.05) is 13.8 Å². The molecular formula is C12H19NO4. The Balaban J connectivity index is 2.54. The molecule has 0 unspecified atom stereocenters. The largest absolute Gasteiger partial charge is 0.478 e. The van der Waals surface area contributed by atoms with Crippen LogP contribution in [0, 0.1) is 0 Å². The molecule has 0 aromatic carbocycles. The highest BCUT2D eigenvalue weighted by Crippen LogP contribution is 2.13. The van der Waals surface area contributed by atoms with Crippen molar-refractivity contribution in [1.82, 2.24) is 4.90 Å². The molecule has 0 saturated carbocycles. The van der Waals surface area contributed by atoms with E-state index in [0.29, 0.717) is 25.5 Å². The van der Waals surface area contributed by atoms with Crippen LogP contribution in [0.15, 0.2) is 16.7 Å². The lowest BCUT2D eigenvalue weighted by Gasteiger charge is -2.19. The maximum atomic E-state index is 10.9. The van der Waals surface area contributed by atoms with Gasteiger partial charge in [-0.15, -0.1) is 0 Å². The molecule has 0 fully saturated rings. The molecule has 0 saturated heterocycles. The number of rotatable bonds is 8. The quantitative estimate of drug-likeness (QED) is 0.703. The second kappa shape index (κ2) is 7.09. The average molecular weight is 241 g/mol. The van der Waals surface area contributed by atoms with Crippen molar-refractivity contribution in [2.75, 3.05) is 26.3 Å². The van der Waals surface area contributed by atoms with Crippen molar-refractivity contribution in [3.63, 3.8) is 0 Å². The van der Waals surface area contributed by atoms with Gasteiger partial charge in [-0.25, -0.2) is 4.79 Å². The average Bonchev–Trinajstić information content (AvgIpc) is 2.76. The molecule has 1 rings (SSSR count). The molecule has 5 nitrogen and oxygen atoms in total. The molecule has 0 spiro atoms. The van der Waals surface area contributed by atoms with Crippen LogP contribution in [0.2, 0.25) is 0 Å². The van der Waals surface area contributed by atoms with Gasteiger partial charge in [-0.1, -0.05) is 6.92 Å². The first kappa shape index (κ1) is 13.7. The van der Waals surface area contributed by atoms with Gasteiger partial charge in [0, 0.05) is 13.2 Å². The number of nitrogens with zero attached hydrogens (tertiary/aromatic N) is 1. The highest BCUT2D eigenvalue weighted by molar-refractivity contribution is 5.88. The van der Waals surface area contributed by atoms with E-state index in [2.05, 4.69) is 4.90 Å². The molecule has 1 heterocycles. The number of carboxylic acid groups (broad SMARTS) is 1. The van der Waals surface area contributed by atoms with Crippen LogP contribution in [0.25, 0.3) is 0 Å². The molecule has 1 aromatic rings. The van der Waals surface area contributed by atoms with Crippen molar-refractivity contribution < 1.29 is 19.1 Å². The summed E-state index contributed by atoms with van der Waals surface area (Å²) in [4.78, 5) is 13.0. The number of carboxylic acids is 1. The summed E-state index contributed by atoms with van der Waals surface area (Å²) in [6.07, 6.45) is 1.41. The van der Waals surface area contributed by atoms with Gasteiger partial charge in [0.15, 0.2) is 0 Å². The topological polar surface area (TPSA) is 62.9 Å². The van der Waals surface area contributed by atoms with Crippen molar-refractivity contribution in [2.24, 2.45) is 0 Å². The molecule has 0 aliphatic carbocycles. The first-order valence-corrected chi connectivity index (χ1v) is 5.78. The lowest BCUT2D eigenvalue weighted by molar-refractivity contribution is 0.0691. The van der Waals surface area contributed by atoms with Gasteiger partial charge in [0.05, 0.1) is 19.4 Å². The van der Waals surface area contributed by atoms with Crippen molar-refractivity contribution in [3.05, 3.63) is 23.7 Å². The van der Waals surface area contributed by atoms with Crippen LogP contribution >= 0.6 is 0 Å². The summed E-state index contributed by atoms with van der Waals surface area (Å²) < 4.78 is 10.5.